The van der Waals surface area contributed by atoms with E-state index >= 15 is 0 Å². The molecule has 5 aromatic rings. The maximum Gasteiger partial charge on any atom is 0.269 e. The molecule has 0 saturated carbocycles. The number of rotatable bonds is 5. The summed E-state index contributed by atoms with van der Waals surface area (Å²) in [6, 6.07) is 13.1. The van der Waals surface area contributed by atoms with Crippen molar-refractivity contribution in [1.29, 1.82) is 0 Å². The maximum absolute atomic E-state index is 12.1. The minimum atomic E-state index is -0.218. The number of hydrogen-bond acceptors (Lipinski definition) is 6. The van der Waals surface area contributed by atoms with Gasteiger partial charge in [0.1, 0.15) is 11.2 Å². The van der Waals surface area contributed by atoms with Crippen LogP contribution in [0.25, 0.3) is 33.1 Å². The highest BCUT2D eigenvalue weighted by Gasteiger charge is 2.13. The van der Waals surface area contributed by atoms with Gasteiger partial charge >= 0.3 is 0 Å². The molecule has 148 valence electrons. The van der Waals surface area contributed by atoms with Crippen molar-refractivity contribution in [3.63, 3.8) is 0 Å². The monoisotopic (exact) mass is 398 g/mol. The fourth-order valence-electron chi connectivity index (χ4n) is 3.41. The lowest BCUT2D eigenvalue weighted by Gasteiger charge is -2.04. The number of nitrogen functional groups attached to an aromatic ring is 1. The van der Waals surface area contributed by atoms with Crippen molar-refractivity contribution in [2.45, 2.75) is 6.54 Å². The van der Waals surface area contributed by atoms with Gasteiger partial charge in [-0.15, -0.1) is 0 Å². The number of H-pyrrole nitrogens is 1. The van der Waals surface area contributed by atoms with Gasteiger partial charge in [0.05, 0.1) is 17.8 Å². The number of nitrogens with zero attached hydrogens (tertiary/aromatic N) is 5. The van der Waals surface area contributed by atoms with E-state index in [9.17, 15) is 4.79 Å². The molecule has 0 radical (unpaired) electrons. The highest BCUT2D eigenvalue weighted by Crippen LogP contribution is 2.29. The van der Waals surface area contributed by atoms with Gasteiger partial charge < -0.3 is 11.1 Å². The standard InChI is InChI=1S/C21H18N8O/c22-20-19-15(14-5-4-13(11-18(14)26-20)16-6-8-25-27-16)12-29(28-19)10-9-24-21(30)17-3-1-2-7-23-17/h1-8,11-12H,9-10H2,(H2,22,26)(H,24,30)(H,25,27). The Morgan fingerprint density at radius 2 is 2.10 bits per heavy atom. The fourth-order valence-corrected chi connectivity index (χ4v) is 3.41. The molecule has 1 aromatic carbocycles. The van der Waals surface area contributed by atoms with Gasteiger partial charge in [0.15, 0.2) is 5.82 Å². The van der Waals surface area contributed by atoms with E-state index in [-0.39, 0.29) is 5.91 Å². The van der Waals surface area contributed by atoms with Crippen molar-refractivity contribution in [3.05, 3.63) is 66.7 Å². The Balaban J connectivity index is 1.40. The van der Waals surface area contributed by atoms with Crippen LogP contribution >= 0.6 is 0 Å². The molecule has 4 aromatic heterocycles. The number of hydrogen-bond donors (Lipinski definition) is 3. The van der Waals surface area contributed by atoms with Gasteiger partial charge in [0, 0.05) is 41.5 Å². The van der Waals surface area contributed by atoms with Crippen LogP contribution in [0, 0.1) is 0 Å². The summed E-state index contributed by atoms with van der Waals surface area (Å²) in [5, 5.41) is 16.3. The zero-order valence-corrected chi connectivity index (χ0v) is 15.9. The average molecular weight is 398 g/mol. The quantitative estimate of drug-likeness (QED) is 0.417. The molecule has 9 nitrogen and oxygen atoms in total. The Morgan fingerprint density at radius 3 is 2.90 bits per heavy atom. The number of carbonyl (C=O) groups excluding carboxylic acids is 1. The van der Waals surface area contributed by atoms with Crippen molar-refractivity contribution in [1.82, 2.24) is 35.3 Å². The van der Waals surface area contributed by atoms with Crippen LogP contribution in [0.1, 0.15) is 10.5 Å². The molecule has 9 heteroatoms. The van der Waals surface area contributed by atoms with Gasteiger partial charge in [-0.3, -0.25) is 19.6 Å². The van der Waals surface area contributed by atoms with E-state index in [4.69, 9.17) is 5.73 Å². The van der Waals surface area contributed by atoms with E-state index in [1.165, 1.54) is 0 Å². The van der Waals surface area contributed by atoms with E-state index in [2.05, 4.69) is 30.6 Å². The summed E-state index contributed by atoms with van der Waals surface area (Å²) in [5.41, 5.74) is 9.78. The predicted octanol–water partition coefficient (Wildman–Crippen LogP) is 2.38. The minimum Gasteiger partial charge on any atom is -0.382 e. The highest BCUT2D eigenvalue weighted by atomic mass is 16.1. The van der Waals surface area contributed by atoms with Gasteiger partial charge in [-0.2, -0.15) is 10.2 Å². The fraction of sp³-hybridized carbons (Fsp3) is 0.0952. The number of benzene rings is 1. The molecule has 0 atom stereocenters. The van der Waals surface area contributed by atoms with Crippen molar-refractivity contribution >= 4 is 33.5 Å². The molecule has 4 N–H and O–H groups in total. The lowest BCUT2D eigenvalue weighted by atomic mass is 10.1. The summed E-state index contributed by atoms with van der Waals surface area (Å²) in [6.07, 6.45) is 5.30. The lowest BCUT2D eigenvalue weighted by molar-refractivity contribution is 0.0947. The molecule has 0 aliphatic heterocycles. The molecule has 0 aliphatic rings. The van der Waals surface area contributed by atoms with Gasteiger partial charge in [-0.05, 0) is 24.3 Å². The first kappa shape index (κ1) is 17.8. The molecule has 0 aliphatic carbocycles. The summed E-state index contributed by atoms with van der Waals surface area (Å²) < 4.78 is 1.77. The predicted molar refractivity (Wildman–Crippen MR) is 114 cm³/mol. The average Bonchev–Trinajstić information content (AvgIpc) is 3.45. The van der Waals surface area contributed by atoms with Gasteiger partial charge in [-0.25, -0.2) is 4.98 Å². The summed E-state index contributed by atoms with van der Waals surface area (Å²) in [5.74, 6) is 0.151. The van der Waals surface area contributed by atoms with Crippen molar-refractivity contribution in [3.8, 4) is 11.3 Å². The van der Waals surface area contributed by atoms with Crippen molar-refractivity contribution < 1.29 is 4.79 Å². The van der Waals surface area contributed by atoms with Crippen LogP contribution in [-0.4, -0.2) is 42.4 Å². The van der Waals surface area contributed by atoms with E-state index in [1.807, 2.05) is 30.5 Å². The van der Waals surface area contributed by atoms with Crippen LogP contribution in [0.15, 0.2) is 61.1 Å². The van der Waals surface area contributed by atoms with Gasteiger partial charge in [0.2, 0.25) is 0 Å². The van der Waals surface area contributed by atoms with Gasteiger partial charge in [-0.1, -0.05) is 18.2 Å². The first-order valence-corrected chi connectivity index (χ1v) is 9.45. The SMILES string of the molecule is Nc1nc2cc(-c3cc[nH]n3)ccc2c2cn(CCNC(=O)c3ccccn3)nc12. The minimum absolute atomic E-state index is 0.218. The van der Waals surface area contributed by atoms with E-state index < -0.39 is 0 Å². The largest absolute Gasteiger partial charge is 0.382 e. The van der Waals surface area contributed by atoms with Crippen LogP contribution in [-0.2, 0) is 6.54 Å². The van der Waals surface area contributed by atoms with Crippen molar-refractivity contribution in [2.24, 2.45) is 0 Å². The molecule has 0 saturated heterocycles. The number of aromatic nitrogens is 6. The Bertz CT molecular complexity index is 1340. The summed E-state index contributed by atoms with van der Waals surface area (Å²) in [4.78, 5) is 20.7. The number of carbonyl (C=O) groups is 1. The van der Waals surface area contributed by atoms with E-state index in [1.54, 1.807) is 35.3 Å². The molecule has 0 unspecified atom stereocenters. The van der Waals surface area contributed by atoms with Crippen LogP contribution in [0.3, 0.4) is 0 Å². The summed E-state index contributed by atoms with van der Waals surface area (Å²) in [7, 11) is 0. The third-order valence-electron chi connectivity index (χ3n) is 4.85. The molecule has 1 amide bonds. The Hall–Kier alpha value is -4.27. The molecule has 0 bridgehead atoms. The number of nitrogens with one attached hydrogen (secondary N) is 2. The topological polar surface area (TPSA) is 127 Å². The zero-order chi connectivity index (χ0) is 20.5. The Morgan fingerprint density at radius 1 is 1.17 bits per heavy atom. The molecule has 0 fully saturated rings. The second-order valence-corrected chi connectivity index (χ2v) is 6.81. The van der Waals surface area contributed by atoms with Gasteiger partial charge in [0.25, 0.3) is 5.91 Å². The number of nitrogens with two attached hydrogens (primary N) is 1. The smallest absolute Gasteiger partial charge is 0.269 e. The molecule has 5 rings (SSSR count). The second-order valence-electron chi connectivity index (χ2n) is 6.81. The lowest BCUT2D eigenvalue weighted by Crippen LogP contribution is -2.28. The second kappa shape index (κ2) is 7.28. The first-order valence-electron chi connectivity index (χ1n) is 9.45. The van der Waals surface area contributed by atoms with Crippen molar-refractivity contribution in [2.75, 3.05) is 12.3 Å². The third kappa shape index (κ3) is 3.22. The summed E-state index contributed by atoms with van der Waals surface area (Å²) >= 11 is 0. The van der Waals surface area contributed by atoms with E-state index in [0.29, 0.717) is 30.1 Å². The zero-order valence-electron chi connectivity index (χ0n) is 15.9. The maximum atomic E-state index is 12.1. The van der Waals surface area contributed by atoms with Crippen LogP contribution in [0.4, 0.5) is 5.82 Å². The number of fused-ring (bicyclic) bond motifs is 3. The third-order valence-corrected chi connectivity index (χ3v) is 4.85. The molecular formula is C21H18N8O. The van der Waals surface area contributed by atoms with Crippen LogP contribution in [0.2, 0.25) is 0 Å². The number of aromatic amines is 1. The molecular weight excluding hydrogens is 380 g/mol. The highest BCUT2D eigenvalue weighted by molar-refractivity contribution is 6.08. The summed E-state index contributed by atoms with van der Waals surface area (Å²) in [6.45, 7) is 0.914. The number of pyridine rings is 2. The van der Waals surface area contributed by atoms with E-state index in [0.717, 1.165) is 27.5 Å². The Labute approximate surface area is 170 Å². The normalized spacial score (nSPS) is 11.2. The van der Waals surface area contributed by atoms with Crippen LogP contribution in [0.5, 0.6) is 0 Å². The number of amides is 1. The molecule has 4 heterocycles. The first-order chi connectivity index (χ1) is 14.7. The van der Waals surface area contributed by atoms with Crippen LogP contribution < -0.4 is 11.1 Å². The number of anilines is 1. The Kier molecular flexibility index (Phi) is 4.32. The molecule has 0 spiro atoms. The molecule has 30 heavy (non-hydrogen) atoms.